The van der Waals surface area contributed by atoms with Gasteiger partial charge >= 0.3 is 6.01 Å². The molecule has 1 atom stereocenters. The summed E-state index contributed by atoms with van der Waals surface area (Å²) in [6, 6.07) is 0.539. The van der Waals surface area contributed by atoms with Crippen molar-refractivity contribution in [2.24, 2.45) is 0 Å². The fraction of sp³-hybridized carbons (Fsp3) is 0.800. The molecular weight excluding hydrogens is 210 g/mol. The van der Waals surface area contributed by atoms with E-state index in [4.69, 9.17) is 4.52 Å². The number of rotatable bonds is 7. The number of aromatic nitrogens is 2. The Kier molecular flexibility index (Phi) is 5.53. The van der Waals surface area contributed by atoms with Gasteiger partial charge in [0.05, 0.1) is 5.75 Å². The summed E-state index contributed by atoms with van der Waals surface area (Å²) >= 11 is 1.85. The van der Waals surface area contributed by atoms with Crippen molar-refractivity contribution in [2.45, 2.75) is 44.6 Å². The van der Waals surface area contributed by atoms with Gasteiger partial charge in [-0.25, -0.2) is 0 Å². The van der Waals surface area contributed by atoms with Gasteiger partial charge in [-0.2, -0.15) is 16.7 Å². The van der Waals surface area contributed by atoms with Crippen molar-refractivity contribution in [2.75, 3.05) is 11.9 Å². The van der Waals surface area contributed by atoms with Crippen LogP contribution in [0.1, 0.15) is 39.4 Å². The molecule has 1 unspecified atom stereocenters. The first kappa shape index (κ1) is 12.4. The van der Waals surface area contributed by atoms with E-state index in [1.165, 1.54) is 6.42 Å². The second-order valence-electron chi connectivity index (χ2n) is 3.47. The van der Waals surface area contributed by atoms with Gasteiger partial charge in [0.15, 0.2) is 5.82 Å². The number of thioether (sulfide) groups is 1. The van der Waals surface area contributed by atoms with Crippen LogP contribution in [0.2, 0.25) is 0 Å². The summed E-state index contributed by atoms with van der Waals surface area (Å²) < 4.78 is 5.05. The SMILES string of the molecule is CCCNc1nc(CSC(C)CC)no1. The van der Waals surface area contributed by atoms with Gasteiger partial charge in [-0.05, 0) is 12.8 Å². The third-order valence-electron chi connectivity index (χ3n) is 2.07. The highest BCUT2D eigenvalue weighted by atomic mass is 32.2. The van der Waals surface area contributed by atoms with E-state index in [1.54, 1.807) is 0 Å². The Balaban J connectivity index is 2.32. The molecule has 0 amide bonds. The van der Waals surface area contributed by atoms with Crippen LogP contribution >= 0.6 is 11.8 Å². The highest BCUT2D eigenvalue weighted by Crippen LogP contribution is 2.18. The van der Waals surface area contributed by atoms with Gasteiger partial charge in [0.1, 0.15) is 0 Å². The van der Waals surface area contributed by atoms with E-state index in [0.29, 0.717) is 11.3 Å². The van der Waals surface area contributed by atoms with Crippen LogP contribution in [0.25, 0.3) is 0 Å². The number of hydrogen-bond acceptors (Lipinski definition) is 5. The van der Waals surface area contributed by atoms with Crippen LogP contribution in [0.3, 0.4) is 0 Å². The standard InChI is InChI=1S/C10H19N3OS/c1-4-6-11-10-12-9(13-14-10)7-15-8(3)5-2/h8H,4-7H2,1-3H3,(H,11,12,13). The Morgan fingerprint density at radius 2 is 2.27 bits per heavy atom. The van der Waals surface area contributed by atoms with Crippen molar-refractivity contribution >= 4 is 17.8 Å². The van der Waals surface area contributed by atoms with E-state index in [9.17, 15) is 0 Å². The second kappa shape index (κ2) is 6.71. The lowest BCUT2D eigenvalue weighted by Crippen LogP contribution is -2.00. The number of anilines is 1. The van der Waals surface area contributed by atoms with Crippen molar-refractivity contribution in [3.8, 4) is 0 Å². The van der Waals surface area contributed by atoms with Crippen molar-refractivity contribution in [3.05, 3.63) is 5.82 Å². The van der Waals surface area contributed by atoms with Crippen LogP contribution in [0.5, 0.6) is 0 Å². The third kappa shape index (κ3) is 4.55. The molecule has 0 fully saturated rings. The first-order chi connectivity index (χ1) is 7.26. The molecule has 0 aliphatic rings. The number of nitrogens with one attached hydrogen (secondary N) is 1. The first-order valence-corrected chi connectivity index (χ1v) is 6.49. The maximum Gasteiger partial charge on any atom is 0.321 e. The molecule has 1 aromatic heterocycles. The van der Waals surface area contributed by atoms with Gasteiger partial charge in [-0.1, -0.05) is 25.9 Å². The molecule has 0 aliphatic heterocycles. The van der Waals surface area contributed by atoms with Gasteiger partial charge < -0.3 is 9.84 Å². The normalized spacial score (nSPS) is 12.7. The van der Waals surface area contributed by atoms with E-state index < -0.39 is 0 Å². The second-order valence-corrected chi connectivity index (χ2v) is 4.90. The lowest BCUT2D eigenvalue weighted by molar-refractivity contribution is 0.425. The average Bonchev–Trinajstić information content (AvgIpc) is 2.71. The molecule has 0 saturated heterocycles. The van der Waals surface area contributed by atoms with E-state index in [2.05, 4.69) is 36.2 Å². The van der Waals surface area contributed by atoms with E-state index in [1.807, 2.05) is 11.8 Å². The molecule has 5 heteroatoms. The Bertz CT molecular complexity index is 277. The van der Waals surface area contributed by atoms with Gasteiger partial charge in [0.2, 0.25) is 0 Å². The quantitative estimate of drug-likeness (QED) is 0.779. The van der Waals surface area contributed by atoms with Crippen LogP contribution in [0, 0.1) is 0 Å². The highest BCUT2D eigenvalue weighted by molar-refractivity contribution is 7.99. The lowest BCUT2D eigenvalue weighted by Gasteiger charge is -2.04. The molecule has 0 saturated carbocycles. The molecule has 1 rings (SSSR count). The molecule has 0 bridgehead atoms. The monoisotopic (exact) mass is 229 g/mol. The summed E-state index contributed by atoms with van der Waals surface area (Å²) in [5.41, 5.74) is 0. The van der Waals surface area contributed by atoms with Gasteiger partial charge in [0, 0.05) is 11.8 Å². The Morgan fingerprint density at radius 1 is 1.47 bits per heavy atom. The van der Waals surface area contributed by atoms with Crippen molar-refractivity contribution < 1.29 is 4.52 Å². The molecular formula is C10H19N3OS. The minimum absolute atomic E-state index is 0.539. The molecule has 0 radical (unpaired) electrons. The molecule has 15 heavy (non-hydrogen) atoms. The zero-order chi connectivity index (χ0) is 11.1. The van der Waals surface area contributed by atoms with Crippen LogP contribution in [-0.2, 0) is 5.75 Å². The highest BCUT2D eigenvalue weighted by Gasteiger charge is 2.07. The minimum Gasteiger partial charge on any atom is -0.338 e. The fourth-order valence-corrected chi connectivity index (χ4v) is 1.74. The molecule has 0 aliphatic carbocycles. The number of hydrogen-bond donors (Lipinski definition) is 1. The number of nitrogens with zero attached hydrogens (tertiary/aromatic N) is 2. The molecule has 1 aromatic rings. The zero-order valence-electron chi connectivity index (χ0n) is 9.62. The molecule has 0 aromatic carbocycles. The Morgan fingerprint density at radius 3 is 2.93 bits per heavy atom. The van der Waals surface area contributed by atoms with Gasteiger partial charge in [0.25, 0.3) is 0 Å². The molecule has 1 N–H and O–H groups in total. The predicted molar refractivity (Wildman–Crippen MR) is 64.1 cm³/mol. The summed E-state index contributed by atoms with van der Waals surface area (Å²) in [5, 5.41) is 7.62. The zero-order valence-corrected chi connectivity index (χ0v) is 10.4. The van der Waals surface area contributed by atoms with Crippen molar-refractivity contribution in [1.82, 2.24) is 10.1 Å². The maximum atomic E-state index is 5.05. The van der Waals surface area contributed by atoms with E-state index in [0.717, 1.165) is 24.5 Å². The van der Waals surface area contributed by atoms with Gasteiger partial charge in [-0.15, -0.1) is 0 Å². The lowest BCUT2D eigenvalue weighted by atomic mass is 10.4. The van der Waals surface area contributed by atoms with Crippen LogP contribution < -0.4 is 5.32 Å². The van der Waals surface area contributed by atoms with Crippen molar-refractivity contribution in [1.29, 1.82) is 0 Å². The maximum absolute atomic E-state index is 5.05. The van der Waals surface area contributed by atoms with Crippen LogP contribution in [0.15, 0.2) is 4.52 Å². The molecule has 1 heterocycles. The third-order valence-corrected chi connectivity index (χ3v) is 3.39. The summed E-state index contributed by atoms with van der Waals surface area (Å²) in [4.78, 5) is 4.24. The predicted octanol–water partition coefficient (Wildman–Crippen LogP) is 2.92. The fourth-order valence-electron chi connectivity index (χ4n) is 0.951. The van der Waals surface area contributed by atoms with Crippen LogP contribution in [0.4, 0.5) is 6.01 Å². The summed E-state index contributed by atoms with van der Waals surface area (Å²) in [5.74, 6) is 1.60. The van der Waals surface area contributed by atoms with Crippen LogP contribution in [-0.4, -0.2) is 21.9 Å². The largest absolute Gasteiger partial charge is 0.338 e. The molecule has 4 nitrogen and oxygen atoms in total. The summed E-state index contributed by atoms with van der Waals surface area (Å²) in [7, 11) is 0. The van der Waals surface area contributed by atoms with E-state index in [-0.39, 0.29) is 0 Å². The smallest absolute Gasteiger partial charge is 0.321 e. The van der Waals surface area contributed by atoms with E-state index >= 15 is 0 Å². The minimum atomic E-state index is 0.539. The Labute approximate surface area is 95.2 Å². The summed E-state index contributed by atoms with van der Waals surface area (Å²) in [6.07, 6.45) is 2.22. The first-order valence-electron chi connectivity index (χ1n) is 5.44. The molecule has 86 valence electrons. The molecule has 0 spiro atoms. The van der Waals surface area contributed by atoms with Crippen molar-refractivity contribution in [3.63, 3.8) is 0 Å². The van der Waals surface area contributed by atoms with Gasteiger partial charge in [-0.3, -0.25) is 0 Å². The summed E-state index contributed by atoms with van der Waals surface area (Å²) in [6.45, 7) is 7.37. The average molecular weight is 229 g/mol. The Hall–Kier alpha value is -0.710. The topological polar surface area (TPSA) is 51.0 Å².